The van der Waals surface area contributed by atoms with E-state index in [-0.39, 0.29) is 36.1 Å². The number of likely N-dealkylation sites (N-methyl/N-ethyl adjacent to an activating group) is 1. The van der Waals surface area contributed by atoms with Gasteiger partial charge in [0, 0.05) is 26.2 Å². The number of carbonyl (C=O) groups excluding carboxylic acids is 1. The minimum absolute atomic E-state index is 0. The fourth-order valence-corrected chi connectivity index (χ4v) is 2.85. The molecule has 1 amide bonds. The fourth-order valence-electron chi connectivity index (χ4n) is 2.85. The second kappa shape index (κ2) is 9.85. The molecule has 2 aliphatic rings. The van der Waals surface area contributed by atoms with Gasteiger partial charge in [-0.05, 0) is 45.8 Å². The Balaban J connectivity index is 0.00000200. The van der Waals surface area contributed by atoms with Crippen LogP contribution in [0.2, 0.25) is 0 Å². The topological polar surface area (TPSA) is 53.6 Å². The van der Waals surface area contributed by atoms with Gasteiger partial charge in [0.1, 0.15) is 0 Å². The van der Waals surface area contributed by atoms with Gasteiger partial charge in [0.05, 0.1) is 12.0 Å². The summed E-state index contributed by atoms with van der Waals surface area (Å²) in [4.78, 5) is 14.8. The number of amides is 1. The summed E-state index contributed by atoms with van der Waals surface area (Å²) >= 11 is 0. The van der Waals surface area contributed by atoms with E-state index < -0.39 is 0 Å². The second-order valence-corrected chi connectivity index (χ2v) is 5.93. The lowest BCUT2D eigenvalue weighted by atomic mass is 9.78. The highest BCUT2D eigenvalue weighted by atomic mass is 35.5. The van der Waals surface area contributed by atoms with E-state index in [9.17, 15) is 4.79 Å². The van der Waals surface area contributed by atoms with Crippen molar-refractivity contribution in [2.24, 2.45) is 5.41 Å². The average Bonchev–Trinajstić information content (AvgIpc) is 3.24. The van der Waals surface area contributed by atoms with Crippen molar-refractivity contribution in [3.63, 3.8) is 0 Å². The van der Waals surface area contributed by atoms with E-state index in [1.807, 2.05) is 0 Å². The van der Waals surface area contributed by atoms with Crippen molar-refractivity contribution in [1.29, 1.82) is 0 Å². The van der Waals surface area contributed by atoms with Crippen molar-refractivity contribution in [3.8, 4) is 0 Å². The molecule has 21 heavy (non-hydrogen) atoms. The molecule has 7 heteroatoms. The number of piperidine rings is 1. The van der Waals surface area contributed by atoms with Gasteiger partial charge in [-0.3, -0.25) is 4.79 Å². The Hall–Kier alpha value is -0.0700. The zero-order valence-electron chi connectivity index (χ0n) is 13.0. The standard InChI is InChI=1S/C14H27N3O2.2ClH/c1-17(12-3-4-12)10-9-16-13(18)14(11-19-2)5-7-15-8-6-14;;/h12,15H,3-11H2,1-2H3,(H,16,18);2*1H. The van der Waals surface area contributed by atoms with Crippen LogP contribution >= 0.6 is 24.8 Å². The summed E-state index contributed by atoms with van der Waals surface area (Å²) in [5.74, 6) is 0.167. The van der Waals surface area contributed by atoms with E-state index in [2.05, 4.69) is 22.6 Å². The van der Waals surface area contributed by atoms with Crippen molar-refractivity contribution in [2.75, 3.05) is 46.9 Å². The Kier molecular flexibility index (Phi) is 9.81. The maximum absolute atomic E-state index is 12.4. The van der Waals surface area contributed by atoms with E-state index in [0.717, 1.165) is 45.1 Å². The molecule has 1 aliphatic carbocycles. The molecule has 0 radical (unpaired) electrons. The summed E-state index contributed by atoms with van der Waals surface area (Å²) in [6.07, 6.45) is 4.35. The number of halogens is 2. The Labute approximate surface area is 140 Å². The zero-order chi connectivity index (χ0) is 13.7. The Morgan fingerprint density at radius 2 is 1.95 bits per heavy atom. The lowest BCUT2D eigenvalue weighted by molar-refractivity contribution is -0.136. The molecular weight excluding hydrogens is 313 g/mol. The van der Waals surface area contributed by atoms with Gasteiger partial charge in [0.15, 0.2) is 0 Å². The molecule has 0 aromatic rings. The van der Waals surface area contributed by atoms with E-state index in [1.165, 1.54) is 12.8 Å². The first-order valence-electron chi connectivity index (χ1n) is 7.36. The van der Waals surface area contributed by atoms with E-state index in [4.69, 9.17) is 4.74 Å². The number of hydrogen-bond donors (Lipinski definition) is 2. The highest BCUT2D eigenvalue weighted by Crippen LogP contribution is 2.29. The Morgan fingerprint density at radius 1 is 1.33 bits per heavy atom. The second-order valence-electron chi connectivity index (χ2n) is 5.93. The third-order valence-corrected chi connectivity index (χ3v) is 4.38. The molecule has 0 aromatic carbocycles. The first-order valence-corrected chi connectivity index (χ1v) is 7.36. The smallest absolute Gasteiger partial charge is 0.228 e. The van der Waals surface area contributed by atoms with Crippen LogP contribution in [0.25, 0.3) is 0 Å². The van der Waals surface area contributed by atoms with Crippen LogP contribution < -0.4 is 10.6 Å². The Morgan fingerprint density at radius 3 is 2.48 bits per heavy atom. The van der Waals surface area contributed by atoms with Crippen LogP contribution in [0.15, 0.2) is 0 Å². The molecule has 2 rings (SSSR count). The maximum Gasteiger partial charge on any atom is 0.228 e. The zero-order valence-corrected chi connectivity index (χ0v) is 14.7. The van der Waals surface area contributed by atoms with Crippen molar-refractivity contribution in [2.45, 2.75) is 31.7 Å². The molecular formula is C14H29Cl2N3O2. The average molecular weight is 342 g/mol. The number of ether oxygens (including phenoxy) is 1. The minimum atomic E-state index is -0.321. The van der Waals surface area contributed by atoms with Gasteiger partial charge in [0.25, 0.3) is 0 Å². The number of hydrogen-bond acceptors (Lipinski definition) is 4. The third-order valence-electron chi connectivity index (χ3n) is 4.38. The van der Waals surface area contributed by atoms with Crippen LogP contribution in [0.4, 0.5) is 0 Å². The van der Waals surface area contributed by atoms with Crippen molar-refractivity contribution in [1.82, 2.24) is 15.5 Å². The molecule has 0 bridgehead atoms. The lowest BCUT2D eigenvalue weighted by Crippen LogP contribution is -2.51. The van der Waals surface area contributed by atoms with Crippen LogP contribution in [0.5, 0.6) is 0 Å². The minimum Gasteiger partial charge on any atom is -0.384 e. The van der Waals surface area contributed by atoms with Gasteiger partial charge < -0.3 is 20.3 Å². The van der Waals surface area contributed by atoms with Gasteiger partial charge >= 0.3 is 0 Å². The SMILES string of the molecule is COCC1(C(=O)NCCN(C)C2CC2)CCNCC1.Cl.Cl. The molecule has 2 N–H and O–H groups in total. The Bertz CT molecular complexity index is 303. The summed E-state index contributed by atoms with van der Waals surface area (Å²) in [6.45, 7) is 4.01. The third kappa shape index (κ3) is 5.91. The molecule has 0 unspecified atom stereocenters. The number of nitrogens with zero attached hydrogens (tertiary/aromatic N) is 1. The molecule has 5 nitrogen and oxygen atoms in total. The molecule has 126 valence electrons. The van der Waals surface area contributed by atoms with Crippen molar-refractivity contribution >= 4 is 30.7 Å². The number of rotatable bonds is 7. The van der Waals surface area contributed by atoms with Gasteiger partial charge in [-0.1, -0.05) is 0 Å². The maximum atomic E-state index is 12.4. The van der Waals surface area contributed by atoms with Gasteiger partial charge in [-0.2, -0.15) is 0 Å². The van der Waals surface area contributed by atoms with Crippen LogP contribution in [-0.2, 0) is 9.53 Å². The summed E-state index contributed by atoms with van der Waals surface area (Å²) in [6, 6.07) is 0.753. The van der Waals surface area contributed by atoms with Crippen LogP contribution in [0.3, 0.4) is 0 Å². The predicted octanol–water partition coefficient (Wildman–Crippen LogP) is 1.06. The summed E-state index contributed by atoms with van der Waals surface area (Å²) in [5.41, 5.74) is -0.321. The largest absolute Gasteiger partial charge is 0.384 e. The van der Waals surface area contributed by atoms with Crippen molar-refractivity contribution in [3.05, 3.63) is 0 Å². The van der Waals surface area contributed by atoms with Crippen LogP contribution in [-0.4, -0.2) is 63.8 Å². The monoisotopic (exact) mass is 341 g/mol. The highest BCUT2D eigenvalue weighted by Gasteiger charge is 2.39. The highest BCUT2D eigenvalue weighted by molar-refractivity contribution is 5.85. The number of nitrogens with one attached hydrogen (secondary N) is 2. The summed E-state index contributed by atoms with van der Waals surface area (Å²) < 4.78 is 5.28. The first kappa shape index (κ1) is 20.9. The molecule has 0 spiro atoms. The molecule has 0 atom stereocenters. The van der Waals surface area contributed by atoms with Crippen LogP contribution in [0, 0.1) is 5.41 Å². The van der Waals surface area contributed by atoms with Gasteiger partial charge in [0.2, 0.25) is 5.91 Å². The summed E-state index contributed by atoms with van der Waals surface area (Å²) in [7, 11) is 3.82. The summed E-state index contributed by atoms with van der Waals surface area (Å²) in [5, 5.41) is 6.41. The normalized spacial score (nSPS) is 20.3. The predicted molar refractivity (Wildman–Crippen MR) is 89.6 cm³/mol. The number of carbonyl (C=O) groups is 1. The van der Waals surface area contributed by atoms with Crippen molar-refractivity contribution < 1.29 is 9.53 Å². The molecule has 0 aromatic heterocycles. The lowest BCUT2D eigenvalue weighted by Gasteiger charge is -2.35. The first-order chi connectivity index (χ1) is 9.18. The van der Waals surface area contributed by atoms with E-state index in [1.54, 1.807) is 7.11 Å². The molecule has 1 aliphatic heterocycles. The molecule has 1 heterocycles. The van der Waals surface area contributed by atoms with Gasteiger partial charge in [-0.25, -0.2) is 0 Å². The number of methoxy groups -OCH3 is 1. The molecule has 1 saturated carbocycles. The quantitative estimate of drug-likeness (QED) is 0.726. The molecule has 1 saturated heterocycles. The van der Waals surface area contributed by atoms with Crippen LogP contribution in [0.1, 0.15) is 25.7 Å². The van der Waals surface area contributed by atoms with E-state index >= 15 is 0 Å². The fraction of sp³-hybridized carbons (Fsp3) is 0.929. The molecule has 2 fully saturated rings. The van der Waals surface area contributed by atoms with E-state index in [0.29, 0.717) is 6.61 Å². The van der Waals surface area contributed by atoms with Gasteiger partial charge in [-0.15, -0.1) is 24.8 Å².